The van der Waals surface area contributed by atoms with Crippen LogP contribution in [0.4, 0.5) is 10.1 Å². The maximum absolute atomic E-state index is 13.7. The van der Waals surface area contributed by atoms with E-state index in [0.717, 1.165) is 11.4 Å². The van der Waals surface area contributed by atoms with Crippen LogP contribution in [0.5, 0.6) is 5.75 Å². The van der Waals surface area contributed by atoms with Crippen LogP contribution < -0.4 is 10.1 Å². The molecule has 6 nitrogen and oxygen atoms in total. The molecule has 0 fully saturated rings. The Hall–Kier alpha value is -2.87. The van der Waals surface area contributed by atoms with Crippen molar-refractivity contribution in [2.45, 2.75) is 18.6 Å². The molecule has 8 heteroatoms. The standard InChI is InChI=1S/C19H19FN4O2S/c1-13-22-23-19(24(13)11-14-6-4-3-5-7-14)27-12-18(25)21-15-8-9-17(26-2)16(20)10-15/h3-10H,11-12H2,1-2H3,(H,21,25). The van der Waals surface area contributed by atoms with E-state index in [4.69, 9.17) is 4.74 Å². The number of hydrogen-bond acceptors (Lipinski definition) is 5. The van der Waals surface area contributed by atoms with Crippen LogP contribution in [-0.2, 0) is 11.3 Å². The Morgan fingerprint density at radius 3 is 2.70 bits per heavy atom. The van der Waals surface area contributed by atoms with Gasteiger partial charge in [0, 0.05) is 11.8 Å². The minimum absolute atomic E-state index is 0.131. The summed E-state index contributed by atoms with van der Waals surface area (Å²) in [5.74, 6) is 0.268. The summed E-state index contributed by atoms with van der Waals surface area (Å²) in [7, 11) is 1.39. The highest BCUT2D eigenvalue weighted by molar-refractivity contribution is 7.99. The second-order valence-electron chi connectivity index (χ2n) is 5.79. The first kappa shape index (κ1) is 18.9. The van der Waals surface area contributed by atoms with Gasteiger partial charge in [-0.05, 0) is 24.6 Å². The van der Waals surface area contributed by atoms with Crippen molar-refractivity contribution in [2.75, 3.05) is 18.2 Å². The van der Waals surface area contributed by atoms with Crippen LogP contribution in [0.15, 0.2) is 53.7 Å². The fraction of sp³-hybridized carbons (Fsp3) is 0.211. The highest BCUT2D eigenvalue weighted by Gasteiger charge is 2.13. The Kier molecular flexibility index (Phi) is 6.08. The highest BCUT2D eigenvalue weighted by atomic mass is 32.2. The predicted octanol–water partition coefficient (Wildman–Crippen LogP) is 3.51. The molecule has 0 aliphatic carbocycles. The van der Waals surface area contributed by atoms with Gasteiger partial charge in [0.2, 0.25) is 5.91 Å². The second-order valence-corrected chi connectivity index (χ2v) is 6.73. The summed E-state index contributed by atoms with van der Waals surface area (Å²) in [4.78, 5) is 12.2. The molecule has 3 aromatic rings. The van der Waals surface area contributed by atoms with Crippen LogP contribution in [0.3, 0.4) is 0 Å². The van der Waals surface area contributed by atoms with Gasteiger partial charge < -0.3 is 14.6 Å². The fourth-order valence-electron chi connectivity index (χ4n) is 2.49. The average molecular weight is 386 g/mol. The van der Waals surface area contributed by atoms with Gasteiger partial charge in [-0.2, -0.15) is 0 Å². The highest BCUT2D eigenvalue weighted by Crippen LogP contribution is 2.22. The SMILES string of the molecule is COc1ccc(NC(=O)CSc2nnc(C)n2Cc2ccccc2)cc1F. The van der Waals surface area contributed by atoms with Crippen molar-refractivity contribution >= 4 is 23.4 Å². The largest absolute Gasteiger partial charge is 0.494 e. The average Bonchev–Trinajstić information content (AvgIpc) is 3.01. The molecule has 1 N–H and O–H groups in total. The topological polar surface area (TPSA) is 69.0 Å². The number of hydrogen-bond donors (Lipinski definition) is 1. The maximum atomic E-state index is 13.7. The quantitative estimate of drug-likeness (QED) is 0.630. The predicted molar refractivity (Wildman–Crippen MR) is 103 cm³/mol. The third-order valence-corrected chi connectivity index (χ3v) is 4.82. The normalized spacial score (nSPS) is 10.6. The van der Waals surface area contributed by atoms with Gasteiger partial charge in [-0.25, -0.2) is 4.39 Å². The number of amides is 1. The van der Waals surface area contributed by atoms with Crippen LogP contribution >= 0.6 is 11.8 Å². The van der Waals surface area contributed by atoms with Crippen molar-refractivity contribution in [3.63, 3.8) is 0 Å². The summed E-state index contributed by atoms with van der Waals surface area (Å²) >= 11 is 1.29. The molecule has 0 spiro atoms. The lowest BCUT2D eigenvalue weighted by Crippen LogP contribution is -2.15. The molecular formula is C19H19FN4O2S. The molecule has 27 heavy (non-hydrogen) atoms. The number of aromatic nitrogens is 3. The van der Waals surface area contributed by atoms with Crippen LogP contribution in [0.1, 0.15) is 11.4 Å². The Bertz CT molecular complexity index is 931. The van der Waals surface area contributed by atoms with Crippen molar-refractivity contribution in [1.29, 1.82) is 0 Å². The fourth-order valence-corrected chi connectivity index (χ4v) is 3.27. The van der Waals surface area contributed by atoms with E-state index in [2.05, 4.69) is 15.5 Å². The molecule has 3 rings (SSSR count). The van der Waals surface area contributed by atoms with Crippen LogP contribution in [-0.4, -0.2) is 33.5 Å². The molecule has 0 bridgehead atoms. The second kappa shape index (κ2) is 8.68. The summed E-state index contributed by atoms with van der Waals surface area (Å²) in [6.07, 6.45) is 0. The van der Waals surface area contributed by atoms with Crippen molar-refractivity contribution in [1.82, 2.24) is 14.8 Å². The molecule has 0 radical (unpaired) electrons. The van der Waals surface area contributed by atoms with Gasteiger partial charge in [0.1, 0.15) is 5.82 Å². The smallest absolute Gasteiger partial charge is 0.234 e. The third-order valence-electron chi connectivity index (χ3n) is 3.85. The summed E-state index contributed by atoms with van der Waals surface area (Å²) in [6.45, 7) is 2.51. The number of nitrogens with one attached hydrogen (secondary N) is 1. The van der Waals surface area contributed by atoms with Crippen molar-refractivity contribution in [3.8, 4) is 5.75 Å². The van der Waals surface area contributed by atoms with Gasteiger partial charge in [-0.3, -0.25) is 4.79 Å². The molecule has 140 valence electrons. The zero-order valence-electron chi connectivity index (χ0n) is 15.0. The molecule has 0 saturated heterocycles. The molecular weight excluding hydrogens is 367 g/mol. The summed E-state index contributed by atoms with van der Waals surface area (Å²) in [5, 5.41) is 11.6. The summed E-state index contributed by atoms with van der Waals surface area (Å²) in [5.41, 5.74) is 1.50. The van der Waals surface area contributed by atoms with Crippen LogP contribution in [0.2, 0.25) is 0 Å². The monoisotopic (exact) mass is 386 g/mol. The maximum Gasteiger partial charge on any atom is 0.234 e. The van der Waals surface area contributed by atoms with Crippen LogP contribution in [0.25, 0.3) is 0 Å². The first-order chi connectivity index (χ1) is 13.1. The Morgan fingerprint density at radius 1 is 1.22 bits per heavy atom. The number of thioether (sulfide) groups is 1. The number of anilines is 1. The van der Waals surface area contributed by atoms with Crippen molar-refractivity contribution in [3.05, 3.63) is 65.7 Å². The zero-order chi connectivity index (χ0) is 19.2. The van der Waals surface area contributed by atoms with Gasteiger partial charge in [-0.1, -0.05) is 42.1 Å². The number of carbonyl (C=O) groups excluding carboxylic acids is 1. The van der Waals surface area contributed by atoms with E-state index in [-0.39, 0.29) is 17.4 Å². The summed E-state index contributed by atoms with van der Waals surface area (Å²) in [6, 6.07) is 14.3. The number of nitrogens with zero attached hydrogens (tertiary/aromatic N) is 3. The van der Waals surface area contributed by atoms with E-state index in [1.807, 2.05) is 41.8 Å². The van der Waals surface area contributed by atoms with Gasteiger partial charge in [0.05, 0.1) is 19.4 Å². The van der Waals surface area contributed by atoms with E-state index in [1.165, 1.54) is 31.0 Å². The minimum Gasteiger partial charge on any atom is -0.494 e. The number of ether oxygens (including phenoxy) is 1. The lowest BCUT2D eigenvalue weighted by molar-refractivity contribution is -0.113. The molecule has 1 amide bonds. The Morgan fingerprint density at radius 2 is 2.00 bits per heavy atom. The molecule has 0 atom stereocenters. The van der Waals surface area contributed by atoms with Gasteiger partial charge in [0.15, 0.2) is 16.7 Å². The lowest BCUT2D eigenvalue weighted by atomic mass is 10.2. The number of rotatable bonds is 7. The number of benzene rings is 2. The molecule has 2 aromatic carbocycles. The van der Waals surface area contributed by atoms with Crippen molar-refractivity contribution in [2.24, 2.45) is 0 Å². The first-order valence-corrected chi connectivity index (χ1v) is 9.25. The van der Waals surface area contributed by atoms with Gasteiger partial charge >= 0.3 is 0 Å². The molecule has 0 aliphatic rings. The minimum atomic E-state index is -0.527. The number of carbonyl (C=O) groups is 1. The van der Waals surface area contributed by atoms with Gasteiger partial charge in [0.25, 0.3) is 0 Å². The molecule has 1 heterocycles. The summed E-state index contributed by atoms with van der Waals surface area (Å²) < 4.78 is 20.5. The molecule has 1 aromatic heterocycles. The Labute approximate surface area is 160 Å². The van der Waals surface area contributed by atoms with E-state index in [1.54, 1.807) is 6.07 Å². The van der Waals surface area contributed by atoms with E-state index >= 15 is 0 Å². The lowest BCUT2D eigenvalue weighted by Gasteiger charge is -2.09. The number of methoxy groups -OCH3 is 1. The third kappa shape index (κ3) is 4.85. The van der Waals surface area contributed by atoms with Gasteiger partial charge in [-0.15, -0.1) is 10.2 Å². The van der Waals surface area contributed by atoms with E-state index in [0.29, 0.717) is 17.4 Å². The molecule has 0 saturated carbocycles. The van der Waals surface area contributed by atoms with Crippen LogP contribution in [0, 0.1) is 12.7 Å². The molecule has 0 aliphatic heterocycles. The Balaban J connectivity index is 1.61. The number of aryl methyl sites for hydroxylation is 1. The van der Waals surface area contributed by atoms with E-state index in [9.17, 15) is 9.18 Å². The zero-order valence-corrected chi connectivity index (χ0v) is 15.8. The van der Waals surface area contributed by atoms with Crippen molar-refractivity contribution < 1.29 is 13.9 Å². The molecule has 0 unspecified atom stereocenters. The van der Waals surface area contributed by atoms with E-state index < -0.39 is 5.82 Å². The number of halogens is 1. The first-order valence-electron chi connectivity index (χ1n) is 8.26.